The number of methoxy groups -OCH3 is 1. The predicted octanol–water partition coefficient (Wildman–Crippen LogP) is 4.79. The number of halogens is 4. The Bertz CT molecular complexity index is 593. The molecule has 0 bridgehead atoms. The topological polar surface area (TPSA) is 9.23 Å². The van der Waals surface area contributed by atoms with E-state index in [1.807, 2.05) is 18.2 Å². The Morgan fingerprint density at radius 1 is 1.10 bits per heavy atom. The van der Waals surface area contributed by atoms with Crippen LogP contribution in [0.4, 0.5) is 13.2 Å². The van der Waals surface area contributed by atoms with Gasteiger partial charge in [0.15, 0.2) is 17.5 Å². The van der Waals surface area contributed by atoms with Gasteiger partial charge >= 0.3 is 0 Å². The maximum atomic E-state index is 13.2. The van der Waals surface area contributed by atoms with Gasteiger partial charge in [-0.3, -0.25) is 0 Å². The molecule has 0 saturated heterocycles. The van der Waals surface area contributed by atoms with Crippen LogP contribution in [0.25, 0.3) is 0 Å². The van der Waals surface area contributed by atoms with Gasteiger partial charge in [0.1, 0.15) is 5.75 Å². The molecule has 2 aromatic carbocycles. The quantitative estimate of drug-likeness (QED) is 0.572. The summed E-state index contributed by atoms with van der Waals surface area (Å²) in [7, 11) is 1.55. The van der Waals surface area contributed by atoms with E-state index < -0.39 is 17.5 Å². The molecule has 0 heterocycles. The van der Waals surface area contributed by atoms with Crippen molar-refractivity contribution >= 4 is 15.9 Å². The van der Waals surface area contributed by atoms with E-state index >= 15 is 0 Å². The largest absolute Gasteiger partial charge is 0.496 e. The average molecular weight is 345 g/mol. The number of para-hydroxylation sites is 1. The van der Waals surface area contributed by atoms with E-state index in [1.165, 1.54) is 0 Å². The van der Waals surface area contributed by atoms with Crippen LogP contribution in [0.2, 0.25) is 0 Å². The van der Waals surface area contributed by atoms with E-state index in [-0.39, 0.29) is 4.83 Å². The summed E-state index contributed by atoms with van der Waals surface area (Å²) in [6, 6.07) is 9.34. The first kappa shape index (κ1) is 14.9. The highest BCUT2D eigenvalue weighted by Gasteiger charge is 2.17. The fraction of sp³-hybridized carbons (Fsp3) is 0.200. The zero-order valence-electron chi connectivity index (χ0n) is 10.7. The van der Waals surface area contributed by atoms with Crippen LogP contribution in [0.3, 0.4) is 0 Å². The van der Waals surface area contributed by atoms with Crippen LogP contribution in [-0.2, 0) is 6.42 Å². The highest BCUT2D eigenvalue weighted by atomic mass is 79.9. The summed E-state index contributed by atoms with van der Waals surface area (Å²) < 4.78 is 44.6. The molecular formula is C15H12BrF3O. The zero-order chi connectivity index (χ0) is 14.7. The highest BCUT2D eigenvalue weighted by Crippen LogP contribution is 2.32. The Hall–Kier alpha value is -1.49. The summed E-state index contributed by atoms with van der Waals surface area (Å²) in [5, 5.41) is 0. The molecule has 0 spiro atoms. The monoisotopic (exact) mass is 344 g/mol. The van der Waals surface area contributed by atoms with Gasteiger partial charge in [0.05, 0.1) is 7.11 Å². The fourth-order valence-electron chi connectivity index (χ4n) is 1.94. The number of ether oxygens (including phenoxy) is 1. The van der Waals surface area contributed by atoms with Crippen molar-refractivity contribution in [3.8, 4) is 5.75 Å². The zero-order valence-corrected chi connectivity index (χ0v) is 12.3. The van der Waals surface area contributed by atoms with Crippen molar-refractivity contribution in [3.63, 3.8) is 0 Å². The number of hydrogen-bond acceptors (Lipinski definition) is 1. The van der Waals surface area contributed by atoms with Gasteiger partial charge in [-0.25, -0.2) is 13.2 Å². The summed E-state index contributed by atoms with van der Waals surface area (Å²) >= 11 is 3.37. The van der Waals surface area contributed by atoms with Crippen molar-refractivity contribution in [1.29, 1.82) is 0 Å². The predicted molar refractivity (Wildman–Crippen MR) is 74.7 cm³/mol. The van der Waals surface area contributed by atoms with E-state index in [0.717, 1.165) is 17.7 Å². The summed E-state index contributed by atoms with van der Waals surface area (Å²) in [4.78, 5) is -0.344. The summed E-state index contributed by atoms with van der Waals surface area (Å²) in [6.07, 6.45) is 0.467. The standard InChI is InChI=1S/C15H12BrF3O/c1-20-14-5-3-2-4-9(14)6-11(16)10-7-12(17)15(19)13(18)8-10/h2-5,7-8,11H,6H2,1H3. The van der Waals surface area contributed by atoms with Crippen molar-refractivity contribution in [3.05, 3.63) is 65.0 Å². The Labute approximate surface area is 123 Å². The molecule has 0 aromatic heterocycles. The van der Waals surface area contributed by atoms with Crippen molar-refractivity contribution < 1.29 is 17.9 Å². The highest BCUT2D eigenvalue weighted by molar-refractivity contribution is 9.09. The first-order valence-corrected chi connectivity index (χ1v) is 6.85. The molecule has 0 N–H and O–H groups in total. The van der Waals surface area contributed by atoms with Crippen LogP contribution in [-0.4, -0.2) is 7.11 Å². The number of rotatable bonds is 4. The number of alkyl halides is 1. The van der Waals surface area contributed by atoms with Crippen molar-refractivity contribution in [2.24, 2.45) is 0 Å². The molecule has 2 rings (SSSR count). The van der Waals surface area contributed by atoms with Crippen molar-refractivity contribution in [1.82, 2.24) is 0 Å². The molecule has 1 atom stereocenters. The van der Waals surface area contributed by atoms with Gasteiger partial charge in [0.25, 0.3) is 0 Å². The van der Waals surface area contributed by atoms with Crippen molar-refractivity contribution in [2.75, 3.05) is 7.11 Å². The van der Waals surface area contributed by atoms with E-state index in [2.05, 4.69) is 15.9 Å². The first-order valence-electron chi connectivity index (χ1n) is 5.93. The van der Waals surface area contributed by atoms with Crippen LogP contribution in [0.1, 0.15) is 16.0 Å². The van der Waals surface area contributed by atoms with Crippen LogP contribution in [0.15, 0.2) is 36.4 Å². The van der Waals surface area contributed by atoms with Crippen LogP contribution in [0.5, 0.6) is 5.75 Å². The van der Waals surface area contributed by atoms with Crippen molar-refractivity contribution in [2.45, 2.75) is 11.2 Å². The van der Waals surface area contributed by atoms with Crippen LogP contribution < -0.4 is 4.74 Å². The Balaban J connectivity index is 2.26. The third-order valence-corrected chi connectivity index (χ3v) is 3.81. The van der Waals surface area contributed by atoms with E-state index in [4.69, 9.17) is 4.74 Å². The van der Waals surface area contributed by atoms with Gasteiger partial charge in [0.2, 0.25) is 0 Å². The molecule has 20 heavy (non-hydrogen) atoms. The second kappa shape index (κ2) is 6.31. The minimum absolute atomic E-state index is 0.340. The van der Waals surface area contributed by atoms with Gasteiger partial charge in [-0.1, -0.05) is 34.1 Å². The number of benzene rings is 2. The molecule has 0 amide bonds. The second-order valence-electron chi connectivity index (χ2n) is 4.28. The minimum atomic E-state index is -1.45. The second-order valence-corrected chi connectivity index (χ2v) is 5.39. The lowest BCUT2D eigenvalue weighted by molar-refractivity contribution is 0.409. The molecule has 0 aliphatic carbocycles. The Morgan fingerprint density at radius 3 is 2.30 bits per heavy atom. The first-order chi connectivity index (χ1) is 9.52. The molecule has 2 aromatic rings. The molecule has 5 heteroatoms. The van der Waals surface area contributed by atoms with Gasteiger partial charge < -0.3 is 4.74 Å². The Morgan fingerprint density at radius 2 is 1.70 bits per heavy atom. The molecule has 1 unspecified atom stereocenters. The molecular weight excluding hydrogens is 333 g/mol. The lowest BCUT2D eigenvalue weighted by atomic mass is 10.0. The molecule has 106 valence electrons. The smallest absolute Gasteiger partial charge is 0.194 e. The summed E-state index contributed by atoms with van der Waals surface area (Å²) in [5.41, 5.74) is 1.23. The molecule has 0 aliphatic heterocycles. The van der Waals surface area contributed by atoms with Gasteiger partial charge in [-0.2, -0.15) is 0 Å². The molecule has 0 radical (unpaired) electrons. The summed E-state index contributed by atoms with van der Waals surface area (Å²) in [6.45, 7) is 0. The maximum absolute atomic E-state index is 13.2. The van der Waals surface area contributed by atoms with E-state index in [9.17, 15) is 13.2 Å². The normalized spacial score (nSPS) is 12.2. The third-order valence-electron chi connectivity index (χ3n) is 2.96. The summed E-state index contributed by atoms with van der Waals surface area (Å²) in [5.74, 6) is -3.14. The molecule has 0 saturated carbocycles. The lowest BCUT2D eigenvalue weighted by Crippen LogP contribution is -2.01. The fourth-order valence-corrected chi connectivity index (χ4v) is 2.55. The maximum Gasteiger partial charge on any atom is 0.194 e. The Kier molecular flexibility index (Phi) is 4.70. The van der Waals surface area contributed by atoms with Crippen LogP contribution in [0, 0.1) is 17.5 Å². The van der Waals surface area contributed by atoms with Gasteiger partial charge in [-0.15, -0.1) is 0 Å². The van der Waals surface area contributed by atoms with E-state index in [1.54, 1.807) is 13.2 Å². The van der Waals surface area contributed by atoms with Crippen LogP contribution >= 0.6 is 15.9 Å². The molecule has 0 fully saturated rings. The van der Waals surface area contributed by atoms with Gasteiger partial charge in [-0.05, 0) is 35.7 Å². The average Bonchev–Trinajstić information content (AvgIpc) is 2.44. The minimum Gasteiger partial charge on any atom is -0.496 e. The molecule has 0 aliphatic rings. The molecule has 1 nitrogen and oxygen atoms in total. The third kappa shape index (κ3) is 3.15. The SMILES string of the molecule is COc1ccccc1CC(Br)c1cc(F)c(F)c(F)c1. The van der Waals surface area contributed by atoms with E-state index in [0.29, 0.717) is 17.7 Å². The lowest BCUT2D eigenvalue weighted by Gasteiger charge is -2.13. The van der Waals surface area contributed by atoms with Gasteiger partial charge in [0, 0.05) is 4.83 Å². The number of hydrogen-bond donors (Lipinski definition) is 0.